The predicted molar refractivity (Wildman–Crippen MR) is 58.9 cm³/mol. The van der Waals surface area contributed by atoms with Gasteiger partial charge in [-0.3, -0.25) is 0 Å². The Bertz CT molecular complexity index is 117. The predicted octanol–water partition coefficient (Wildman–Crippen LogP) is 2.53. The van der Waals surface area contributed by atoms with E-state index in [1.807, 2.05) is 0 Å². The lowest BCUT2D eigenvalue weighted by Crippen LogP contribution is -2.36. The number of nitrogens with zero attached hydrogens (tertiary/aromatic N) is 1. The van der Waals surface area contributed by atoms with Crippen LogP contribution in [0.25, 0.3) is 0 Å². The number of hydrogen-bond acceptors (Lipinski definition) is 1. The van der Waals surface area contributed by atoms with Crippen molar-refractivity contribution in [2.75, 3.05) is 13.1 Å². The van der Waals surface area contributed by atoms with Gasteiger partial charge in [-0.15, -0.1) is 0 Å². The van der Waals surface area contributed by atoms with Crippen LogP contribution in [-0.4, -0.2) is 25.3 Å². The molecule has 0 aliphatic carbocycles. The minimum Gasteiger partial charge on any atom is -0.345 e. The Labute approximate surface area is 78.8 Å². The van der Waals surface area contributed by atoms with Crippen molar-refractivity contribution in [1.82, 2.24) is 4.81 Å². The lowest BCUT2D eigenvalue weighted by molar-refractivity contribution is 0.410. The first kappa shape index (κ1) is 12.0. The highest BCUT2D eigenvalue weighted by atomic mass is 15.0. The van der Waals surface area contributed by atoms with Crippen LogP contribution >= 0.6 is 0 Å². The summed E-state index contributed by atoms with van der Waals surface area (Å²) in [7, 11) is 1.22. The largest absolute Gasteiger partial charge is 0.345 e. The van der Waals surface area contributed by atoms with Crippen LogP contribution in [0.3, 0.4) is 0 Å². The molecule has 0 aromatic heterocycles. The maximum absolute atomic E-state index is 2.50. The van der Waals surface area contributed by atoms with Crippen molar-refractivity contribution in [2.45, 2.75) is 46.9 Å². The van der Waals surface area contributed by atoms with E-state index in [0.717, 1.165) is 5.92 Å². The van der Waals surface area contributed by atoms with Crippen LogP contribution in [0.4, 0.5) is 0 Å². The smallest absolute Gasteiger partial charge is 0.210 e. The van der Waals surface area contributed by atoms with Crippen molar-refractivity contribution in [3.8, 4) is 0 Å². The summed E-state index contributed by atoms with van der Waals surface area (Å²) in [6.45, 7) is 16.2. The van der Waals surface area contributed by atoms with Gasteiger partial charge in [0.25, 0.3) is 0 Å². The SMILES string of the molecule is CCN(BC(C)(C)C(C)C)CC. The molecule has 0 aromatic rings. The van der Waals surface area contributed by atoms with Crippen molar-refractivity contribution in [3.05, 3.63) is 0 Å². The fourth-order valence-electron chi connectivity index (χ4n) is 1.21. The van der Waals surface area contributed by atoms with Crippen molar-refractivity contribution >= 4 is 7.41 Å². The van der Waals surface area contributed by atoms with E-state index in [1.165, 1.54) is 20.5 Å². The molecule has 12 heavy (non-hydrogen) atoms. The molecule has 0 N–H and O–H groups in total. The fraction of sp³-hybridized carbons (Fsp3) is 1.00. The minimum atomic E-state index is 0.450. The van der Waals surface area contributed by atoms with Gasteiger partial charge in [0.15, 0.2) is 0 Å². The van der Waals surface area contributed by atoms with Gasteiger partial charge >= 0.3 is 0 Å². The van der Waals surface area contributed by atoms with Crippen LogP contribution in [0.5, 0.6) is 0 Å². The molecule has 2 heteroatoms. The second kappa shape index (κ2) is 4.91. The molecule has 0 bridgehead atoms. The molecule has 0 aliphatic heterocycles. The highest BCUT2D eigenvalue weighted by Crippen LogP contribution is 2.33. The van der Waals surface area contributed by atoms with Crippen LogP contribution < -0.4 is 0 Å². The third-order valence-corrected chi connectivity index (χ3v) is 3.09. The Morgan fingerprint density at radius 2 is 1.58 bits per heavy atom. The van der Waals surface area contributed by atoms with Crippen LogP contribution in [0.2, 0.25) is 5.31 Å². The molecule has 0 spiro atoms. The molecule has 0 atom stereocenters. The number of hydrogen-bond donors (Lipinski definition) is 0. The topological polar surface area (TPSA) is 3.24 Å². The third-order valence-electron chi connectivity index (χ3n) is 3.09. The Morgan fingerprint density at radius 1 is 1.17 bits per heavy atom. The van der Waals surface area contributed by atoms with E-state index in [-0.39, 0.29) is 0 Å². The molecule has 0 saturated carbocycles. The highest BCUT2D eigenvalue weighted by Gasteiger charge is 2.25. The van der Waals surface area contributed by atoms with Crippen molar-refractivity contribution in [2.24, 2.45) is 5.92 Å². The van der Waals surface area contributed by atoms with E-state index in [4.69, 9.17) is 0 Å². The van der Waals surface area contributed by atoms with Gasteiger partial charge in [0.2, 0.25) is 7.41 Å². The molecular formula is C10H24BN. The zero-order valence-electron chi connectivity index (χ0n) is 9.65. The maximum atomic E-state index is 2.50. The highest BCUT2D eigenvalue weighted by molar-refractivity contribution is 6.36. The maximum Gasteiger partial charge on any atom is 0.210 e. The van der Waals surface area contributed by atoms with E-state index < -0.39 is 0 Å². The molecule has 0 unspecified atom stereocenters. The van der Waals surface area contributed by atoms with Crippen molar-refractivity contribution < 1.29 is 0 Å². The van der Waals surface area contributed by atoms with Gasteiger partial charge in [-0.2, -0.15) is 0 Å². The zero-order valence-corrected chi connectivity index (χ0v) is 9.65. The van der Waals surface area contributed by atoms with Crippen molar-refractivity contribution in [1.29, 1.82) is 0 Å². The zero-order chi connectivity index (χ0) is 9.78. The van der Waals surface area contributed by atoms with E-state index in [9.17, 15) is 0 Å². The van der Waals surface area contributed by atoms with E-state index >= 15 is 0 Å². The first-order valence-corrected chi connectivity index (χ1v) is 5.16. The Balaban J connectivity index is 4.02. The summed E-state index contributed by atoms with van der Waals surface area (Å²) in [6, 6.07) is 0. The monoisotopic (exact) mass is 169 g/mol. The average Bonchev–Trinajstić information content (AvgIpc) is 2.00. The van der Waals surface area contributed by atoms with Crippen molar-refractivity contribution in [3.63, 3.8) is 0 Å². The third kappa shape index (κ3) is 3.62. The number of rotatable bonds is 5. The average molecular weight is 169 g/mol. The molecule has 72 valence electrons. The van der Waals surface area contributed by atoms with E-state index in [2.05, 4.69) is 46.4 Å². The summed E-state index contributed by atoms with van der Waals surface area (Å²) >= 11 is 0. The Kier molecular flexibility index (Phi) is 4.92. The fourth-order valence-corrected chi connectivity index (χ4v) is 1.21. The molecule has 1 nitrogen and oxygen atoms in total. The summed E-state index contributed by atoms with van der Waals surface area (Å²) in [4.78, 5) is 2.50. The normalized spacial score (nSPS) is 12.7. The van der Waals surface area contributed by atoms with Crippen LogP contribution in [0, 0.1) is 5.92 Å². The molecule has 0 radical (unpaired) electrons. The second-order valence-corrected chi connectivity index (χ2v) is 4.60. The minimum absolute atomic E-state index is 0.450. The van der Waals surface area contributed by atoms with Crippen LogP contribution in [0.15, 0.2) is 0 Å². The van der Waals surface area contributed by atoms with Gasteiger partial charge in [0.1, 0.15) is 0 Å². The van der Waals surface area contributed by atoms with Gasteiger partial charge < -0.3 is 4.81 Å². The quantitative estimate of drug-likeness (QED) is 0.571. The van der Waals surface area contributed by atoms with Crippen LogP contribution in [-0.2, 0) is 0 Å². The molecule has 0 amide bonds. The van der Waals surface area contributed by atoms with Gasteiger partial charge in [-0.1, -0.05) is 41.5 Å². The first-order chi connectivity index (χ1) is 5.44. The lowest BCUT2D eigenvalue weighted by Gasteiger charge is -2.33. The lowest BCUT2D eigenvalue weighted by atomic mass is 9.56. The van der Waals surface area contributed by atoms with Gasteiger partial charge in [-0.05, 0) is 24.3 Å². The van der Waals surface area contributed by atoms with Gasteiger partial charge in [0.05, 0.1) is 0 Å². The summed E-state index contributed by atoms with van der Waals surface area (Å²) < 4.78 is 0. The Morgan fingerprint density at radius 3 is 1.83 bits per heavy atom. The second-order valence-electron chi connectivity index (χ2n) is 4.60. The standard InChI is InChI=1S/C10H24BN/c1-7-12(8-2)11-10(5,6)9(3)4/h9,11H,7-8H2,1-6H3. The Hall–Kier alpha value is 0.0249. The molecule has 0 aromatic carbocycles. The molecule has 0 rings (SSSR count). The van der Waals surface area contributed by atoms with Crippen LogP contribution in [0.1, 0.15) is 41.5 Å². The molecule has 0 heterocycles. The summed E-state index contributed by atoms with van der Waals surface area (Å²) in [5, 5.41) is 0.450. The first-order valence-electron chi connectivity index (χ1n) is 5.16. The summed E-state index contributed by atoms with van der Waals surface area (Å²) in [6.07, 6.45) is 0. The summed E-state index contributed by atoms with van der Waals surface area (Å²) in [5.74, 6) is 0.762. The molecular weight excluding hydrogens is 145 g/mol. The van der Waals surface area contributed by atoms with Gasteiger partial charge in [0, 0.05) is 0 Å². The summed E-state index contributed by atoms with van der Waals surface area (Å²) in [5.41, 5.74) is 0. The van der Waals surface area contributed by atoms with E-state index in [0.29, 0.717) is 5.31 Å². The molecule has 0 aliphatic rings. The molecule has 0 saturated heterocycles. The molecule has 0 fully saturated rings. The van der Waals surface area contributed by atoms with E-state index in [1.54, 1.807) is 0 Å². The van der Waals surface area contributed by atoms with Gasteiger partial charge in [-0.25, -0.2) is 0 Å².